The van der Waals surface area contributed by atoms with Gasteiger partial charge in [-0.3, -0.25) is 4.79 Å². The van der Waals surface area contributed by atoms with Crippen LogP contribution in [0.5, 0.6) is 0 Å². The quantitative estimate of drug-likeness (QED) is 0.338. The molecule has 0 heterocycles. The van der Waals surface area contributed by atoms with Gasteiger partial charge in [0.1, 0.15) is 0 Å². The van der Waals surface area contributed by atoms with E-state index in [0.29, 0.717) is 23.9 Å². The second-order valence-corrected chi connectivity index (χ2v) is 5.44. The van der Waals surface area contributed by atoms with Crippen LogP contribution >= 0.6 is 0 Å². The molecule has 0 bridgehead atoms. The molecule has 1 aliphatic rings. The molecule has 4 N–H and O–H groups in total. The highest BCUT2D eigenvalue weighted by Crippen LogP contribution is 2.24. The number of carbonyl (C=O) groups is 1. The fraction of sp³-hybridized carbons (Fsp3) is 0.467. The molecular formula is C15H21N3O2. The number of nitrogens with one attached hydrogen (secondary N) is 1. The number of nitrogens with two attached hydrogens (primary N) is 1. The molecule has 5 nitrogen and oxygen atoms in total. The van der Waals surface area contributed by atoms with E-state index < -0.39 is 0 Å². The lowest BCUT2D eigenvalue weighted by molar-refractivity contribution is -0.121. The van der Waals surface area contributed by atoms with Crippen LogP contribution in [-0.4, -0.2) is 23.0 Å². The SMILES string of the molecule is CC1CCCC1NC(=O)Cc1ccc(C(N)=NO)cc1. The maximum Gasteiger partial charge on any atom is 0.224 e. The first-order valence-corrected chi connectivity index (χ1v) is 6.96. The normalized spacial score (nSPS) is 22.8. The van der Waals surface area contributed by atoms with Crippen molar-refractivity contribution in [2.24, 2.45) is 16.8 Å². The molecule has 1 amide bonds. The number of amidine groups is 1. The van der Waals surface area contributed by atoms with Crippen LogP contribution < -0.4 is 11.1 Å². The zero-order valence-corrected chi connectivity index (χ0v) is 11.7. The predicted octanol–water partition coefficient (Wildman–Crippen LogP) is 1.63. The lowest BCUT2D eigenvalue weighted by atomic mass is 10.1. The van der Waals surface area contributed by atoms with Crippen molar-refractivity contribution in [3.05, 3.63) is 35.4 Å². The number of benzene rings is 1. The Balaban J connectivity index is 1.91. The number of nitrogens with zero attached hydrogens (tertiary/aromatic N) is 1. The minimum Gasteiger partial charge on any atom is -0.409 e. The van der Waals surface area contributed by atoms with E-state index in [0.717, 1.165) is 12.0 Å². The van der Waals surface area contributed by atoms with E-state index in [2.05, 4.69) is 17.4 Å². The zero-order valence-electron chi connectivity index (χ0n) is 11.7. The Bertz CT molecular complexity index is 496. The monoisotopic (exact) mass is 275 g/mol. The second kappa shape index (κ2) is 6.41. The van der Waals surface area contributed by atoms with Crippen molar-refractivity contribution < 1.29 is 10.0 Å². The number of hydrogen-bond donors (Lipinski definition) is 3. The fourth-order valence-corrected chi connectivity index (χ4v) is 2.65. The number of carbonyl (C=O) groups excluding carboxylic acids is 1. The molecule has 0 aromatic heterocycles. The molecule has 108 valence electrons. The standard InChI is InChI=1S/C15H21N3O2/c1-10-3-2-4-13(10)17-14(19)9-11-5-7-12(8-6-11)15(16)18-20/h5-8,10,13,20H,2-4,9H2,1H3,(H2,16,18)(H,17,19). The molecule has 1 aromatic carbocycles. The van der Waals surface area contributed by atoms with Crippen LogP contribution in [0.2, 0.25) is 0 Å². The molecule has 2 unspecified atom stereocenters. The highest BCUT2D eigenvalue weighted by molar-refractivity contribution is 5.97. The Morgan fingerprint density at radius 2 is 2.10 bits per heavy atom. The van der Waals surface area contributed by atoms with Gasteiger partial charge in [-0.2, -0.15) is 0 Å². The molecule has 1 aromatic rings. The summed E-state index contributed by atoms with van der Waals surface area (Å²) in [6.45, 7) is 2.18. The minimum absolute atomic E-state index is 0.0558. The molecule has 0 saturated heterocycles. The van der Waals surface area contributed by atoms with Gasteiger partial charge >= 0.3 is 0 Å². The molecule has 1 aliphatic carbocycles. The van der Waals surface area contributed by atoms with E-state index in [9.17, 15) is 4.79 Å². The average Bonchev–Trinajstić information content (AvgIpc) is 2.84. The third-order valence-electron chi connectivity index (χ3n) is 3.93. The number of rotatable bonds is 4. The van der Waals surface area contributed by atoms with Crippen LogP contribution in [-0.2, 0) is 11.2 Å². The molecule has 5 heteroatoms. The summed E-state index contributed by atoms with van der Waals surface area (Å²) in [7, 11) is 0. The highest BCUT2D eigenvalue weighted by atomic mass is 16.4. The molecule has 1 fully saturated rings. The Morgan fingerprint density at radius 3 is 2.65 bits per heavy atom. The third-order valence-corrected chi connectivity index (χ3v) is 3.93. The van der Waals surface area contributed by atoms with E-state index in [1.54, 1.807) is 12.1 Å². The van der Waals surface area contributed by atoms with Gasteiger partial charge in [-0.05, 0) is 24.3 Å². The van der Waals surface area contributed by atoms with Gasteiger partial charge in [-0.15, -0.1) is 0 Å². The summed E-state index contributed by atoms with van der Waals surface area (Å²) in [5.74, 6) is 0.697. The zero-order chi connectivity index (χ0) is 14.5. The smallest absolute Gasteiger partial charge is 0.224 e. The number of hydrogen-bond acceptors (Lipinski definition) is 3. The third kappa shape index (κ3) is 3.50. The largest absolute Gasteiger partial charge is 0.409 e. The molecule has 0 spiro atoms. The molecule has 20 heavy (non-hydrogen) atoms. The first-order chi connectivity index (χ1) is 9.60. The Labute approximate surface area is 118 Å². The summed E-state index contributed by atoms with van der Waals surface area (Å²) < 4.78 is 0. The first kappa shape index (κ1) is 14.4. The van der Waals surface area contributed by atoms with Crippen molar-refractivity contribution in [2.45, 2.75) is 38.6 Å². The number of oxime groups is 1. The molecule has 1 saturated carbocycles. The van der Waals surface area contributed by atoms with E-state index in [1.807, 2.05) is 12.1 Å². The Kier molecular flexibility index (Phi) is 4.61. The summed E-state index contributed by atoms with van der Waals surface area (Å²) in [4.78, 5) is 12.0. The van der Waals surface area contributed by atoms with Crippen LogP contribution in [0.25, 0.3) is 0 Å². The van der Waals surface area contributed by atoms with E-state index >= 15 is 0 Å². The van der Waals surface area contributed by atoms with Gasteiger partial charge in [-0.25, -0.2) is 0 Å². The topological polar surface area (TPSA) is 87.7 Å². The number of amides is 1. The average molecular weight is 275 g/mol. The summed E-state index contributed by atoms with van der Waals surface area (Å²) in [5, 5.41) is 14.6. The van der Waals surface area contributed by atoms with E-state index in [-0.39, 0.29) is 11.7 Å². The highest BCUT2D eigenvalue weighted by Gasteiger charge is 2.24. The van der Waals surface area contributed by atoms with Gasteiger partial charge in [0.25, 0.3) is 0 Å². The van der Waals surface area contributed by atoms with Crippen LogP contribution in [0.3, 0.4) is 0 Å². The maximum atomic E-state index is 12.0. The van der Waals surface area contributed by atoms with Gasteiger partial charge in [0.2, 0.25) is 5.91 Å². The molecular weight excluding hydrogens is 254 g/mol. The van der Waals surface area contributed by atoms with Crippen molar-refractivity contribution in [2.75, 3.05) is 0 Å². The van der Waals surface area contributed by atoms with Crippen molar-refractivity contribution in [1.82, 2.24) is 5.32 Å². The first-order valence-electron chi connectivity index (χ1n) is 6.96. The molecule has 0 radical (unpaired) electrons. The molecule has 0 aliphatic heterocycles. The van der Waals surface area contributed by atoms with Crippen LogP contribution in [0.4, 0.5) is 0 Å². The van der Waals surface area contributed by atoms with E-state index in [1.165, 1.54) is 12.8 Å². The predicted molar refractivity (Wildman–Crippen MR) is 77.6 cm³/mol. The molecule has 2 atom stereocenters. The lowest BCUT2D eigenvalue weighted by Crippen LogP contribution is -2.37. The lowest BCUT2D eigenvalue weighted by Gasteiger charge is -2.17. The minimum atomic E-state index is 0.0558. The van der Waals surface area contributed by atoms with Gasteiger partial charge in [-0.1, -0.05) is 42.8 Å². The van der Waals surface area contributed by atoms with Crippen molar-refractivity contribution in [3.63, 3.8) is 0 Å². The Morgan fingerprint density at radius 1 is 1.40 bits per heavy atom. The van der Waals surface area contributed by atoms with Crippen molar-refractivity contribution in [1.29, 1.82) is 0 Å². The van der Waals surface area contributed by atoms with Crippen LogP contribution in [0.1, 0.15) is 37.3 Å². The fourth-order valence-electron chi connectivity index (χ4n) is 2.65. The van der Waals surface area contributed by atoms with Crippen molar-refractivity contribution >= 4 is 11.7 Å². The van der Waals surface area contributed by atoms with Gasteiger partial charge in [0, 0.05) is 11.6 Å². The van der Waals surface area contributed by atoms with Gasteiger partial charge in [0.05, 0.1) is 6.42 Å². The summed E-state index contributed by atoms with van der Waals surface area (Å²) in [6, 6.07) is 7.46. The van der Waals surface area contributed by atoms with Gasteiger partial charge in [0.15, 0.2) is 5.84 Å². The Hall–Kier alpha value is -2.04. The summed E-state index contributed by atoms with van der Waals surface area (Å²) in [5.41, 5.74) is 7.05. The van der Waals surface area contributed by atoms with Crippen molar-refractivity contribution in [3.8, 4) is 0 Å². The second-order valence-electron chi connectivity index (χ2n) is 5.44. The van der Waals surface area contributed by atoms with E-state index in [4.69, 9.17) is 10.9 Å². The summed E-state index contributed by atoms with van der Waals surface area (Å²) in [6.07, 6.45) is 3.83. The maximum absolute atomic E-state index is 12.0. The summed E-state index contributed by atoms with van der Waals surface area (Å²) >= 11 is 0. The van der Waals surface area contributed by atoms with Crippen LogP contribution in [0.15, 0.2) is 29.4 Å². The van der Waals surface area contributed by atoms with Crippen LogP contribution in [0, 0.1) is 5.92 Å². The molecule has 2 rings (SSSR count). The van der Waals surface area contributed by atoms with Gasteiger partial charge < -0.3 is 16.3 Å².